The summed E-state index contributed by atoms with van der Waals surface area (Å²) < 4.78 is 15.6. The second-order valence-electron chi connectivity index (χ2n) is 14.3. The van der Waals surface area contributed by atoms with Gasteiger partial charge in [0.1, 0.15) is 28.2 Å². The number of nitrogens with two attached hydrogens (primary N) is 1. The van der Waals surface area contributed by atoms with Gasteiger partial charge in [0, 0.05) is 52.8 Å². The third-order valence-electron chi connectivity index (χ3n) is 10.8. The zero-order chi connectivity index (χ0) is 37.9. The molecule has 0 saturated carbocycles. The Morgan fingerprint density at radius 1 is 0.491 bits per heavy atom. The highest BCUT2D eigenvalue weighted by Gasteiger charge is 2.19. The lowest BCUT2D eigenvalue weighted by Crippen LogP contribution is -2.17. The van der Waals surface area contributed by atoms with Gasteiger partial charge in [0.05, 0.1) is 6.54 Å². The average molecular weight is 752 g/mol. The Labute approximate surface area is 331 Å². The number of rotatable bonds is 6. The van der Waals surface area contributed by atoms with Gasteiger partial charge < -0.3 is 14.6 Å². The van der Waals surface area contributed by atoms with Crippen LogP contribution in [0.5, 0.6) is 0 Å². The number of nitrogens with zero attached hydrogens (tertiary/aromatic N) is 2. The number of para-hydroxylation sites is 1. The maximum atomic E-state index is 6.95. The third kappa shape index (κ3) is 5.77. The monoisotopic (exact) mass is 751 g/mol. The highest BCUT2D eigenvalue weighted by molar-refractivity contribution is 7.25. The lowest BCUT2D eigenvalue weighted by atomic mass is 9.93. The molecule has 0 bridgehead atoms. The number of aliphatic imine (C=N–C) groups is 2. The van der Waals surface area contributed by atoms with Crippen LogP contribution in [0.1, 0.15) is 16.7 Å². The molecule has 0 aliphatic heterocycles. The van der Waals surface area contributed by atoms with Crippen LogP contribution in [-0.2, 0) is 6.54 Å². The standard InChI is InChI=1S/C51H33N3O2S/c52-50(54-51(32-14-5-2-6-15-32)53-30-31-12-3-1-4-13-31)39-18-11-20-44-49(39)41-26-34(23-25-43(41)55-44)40-27-35(28-45-48(40)38-17-7-9-19-42(38)56-45)33-22-24-37-36-16-8-10-21-46(36)57-47(37)29-33/h1-29H,30H2,(H2,52,53,54). The van der Waals surface area contributed by atoms with Gasteiger partial charge in [-0.3, -0.25) is 4.99 Å². The second kappa shape index (κ2) is 13.5. The third-order valence-corrected chi connectivity index (χ3v) is 11.9. The van der Waals surface area contributed by atoms with Crippen molar-refractivity contribution in [3.8, 4) is 22.3 Å². The molecule has 8 aromatic carbocycles. The van der Waals surface area contributed by atoms with Gasteiger partial charge in [-0.05, 0) is 76.3 Å². The van der Waals surface area contributed by atoms with Crippen LogP contribution in [0.25, 0.3) is 86.3 Å². The number of benzene rings is 8. The first-order valence-electron chi connectivity index (χ1n) is 19.0. The summed E-state index contributed by atoms with van der Waals surface area (Å²) >= 11 is 1.83. The number of fused-ring (bicyclic) bond motifs is 9. The summed E-state index contributed by atoms with van der Waals surface area (Å²) in [6.07, 6.45) is 0. The molecule has 3 heterocycles. The molecule has 0 spiro atoms. The van der Waals surface area contributed by atoms with Crippen LogP contribution in [-0.4, -0.2) is 11.7 Å². The van der Waals surface area contributed by atoms with Crippen LogP contribution in [0.15, 0.2) is 195 Å². The molecule has 3 aromatic heterocycles. The largest absolute Gasteiger partial charge is 0.456 e. The molecule has 0 aliphatic carbocycles. The van der Waals surface area contributed by atoms with Crippen LogP contribution in [0.4, 0.5) is 0 Å². The Morgan fingerprint density at radius 2 is 1.19 bits per heavy atom. The van der Waals surface area contributed by atoms with E-state index in [1.54, 1.807) is 0 Å². The van der Waals surface area contributed by atoms with Crippen molar-refractivity contribution in [2.75, 3.05) is 0 Å². The van der Waals surface area contributed by atoms with Gasteiger partial charge >= 0.3 is 0 Å². The Bertz CT molecular complexity index is 3390. The van der Waals surface area contributed by atoms with Gasteiger partial charge in [0.25, 0.3) is 0 Å². The second-order valence-corrected chi connectivity index (χ2v) is 15.4. The lowest BCUT2D eigenvalue weighted by Gasteiger charge is -2.10. The zero-order valence-corrected chi connectivity index (χ0v) is 31.5. The van der Waals surface area contributed by atoms with Crippen LogP contribution in [0.2, 0.25) is 0 Å². The van der Waals surface area contributed by atoms with Crippen molar-refractivity contribution in [1.29, 1.82) is 0 Å². The lowest BCUT2D eigenvalue weighted by molar-refractivity contribution is 0.669. The Hall–Kier alpha value is -7.28. The Morgan fingerprint density at radius 3 is 2.07 bits per heavy atom. The molecule has 11 rings (SSSR count). The first-order valence-corrected chi connectivity index (χ1v) is 19.8. The summed E-state index contributed by atoms with van der Waals surface area (Å²) in [5, 5.41) is 6.58. The van der Waals surface area contributed by atoms with Gasteiger partial charge in [-0.1, -0.05) is 127 Å². The topological polar surface area (TPSA) is 77.0 Å². The minimum absolute atomic E-state index is 0.367. The Kier molecular flexibility index (Phi) is 7.83. The molecule has 5 nitrogen and oxygen atoms in total. The van der Waals surface area contributed by atoms with Crippen molar-refractivity contribution in [2.24, 2.45) is 15.7 Å². The SMILES string of the molecule is NC(=NC(=NCc1ccccc1)c1ccccc1)c1cccc2oc3ccc(-c4cc(-c5ccc6c(c5)sc5ccccc56)cc5oc6ccccc6c45)cc3c12. The molecule has 270 valence electrons. The average Bonchev–Trinajstić information content (AvgIpc) is 3.96. The number of furan rings is 2. The molecule has 57 heavy (non-hydrogen) atoms. The fourth-order valence-electron chi connectivity index (χ4n) is 8.06. The number of thiophene rings is 1. The van der Waals surface area contributed by atoms with E-state index in [9.17, 15) is 0 Å². The smallest absolute Gasteiger partial charge is 0.157 e. The molecule has 0 aliphatic rings. The summed E-state index contributed by atoms with van der Waals surface area (Å²) in [6, 6.07) is 60.7. The van der Waals surface area contributed by atoms with Crippen molar-refractivity contribution in [3.63, 3.8) is 0 Å². The van der Waals surface area contributed by atoms with Gasteiger partial charge in [-0.2, -0.15) is 0 Å². The maximum Gasteiger partial charge on any atom is 0.157 e. The van der Waals surface area contributed by atoms with Crippen molar-refractivity contribution < 1.29 is 8.83 Å². The first-order chi connectivity index (χ1) is 28.1. The van der Waals surface area contributed by atoms with E-state index >= 15 is 0 Å². The van der Waals surface area contributed by atoms with E-state index in [2.05, 4.69) is 97.1 Å². The van der Waals surface area contributed by atoms with Crippen molar-refractivity contribution in [2.45, 2.75) is 6.54 Å². The van der Waals surface area contributed by atoms with Gasteiger partial charge in [-0.15, -0.1) is 11.3 Å². The van der Waals surface area contributed by atoms with E-state index in [1.807, 2.05) is 90.2 Å². The molecule has 11 aromatic rings. The molecule has 0 amide bonds. The van der Waals surface area contributed by atoms with Crippen LogP contribution in [0, 0.1) is 0 Å². The molecule has 6 heteroatoms. The van der Waals surface area contributed by atoms with Crippen molar-refractivity contribution in [3.05, 3.63) is 193 Å². The van der Waals surface area contributed by atoms with E-state index in [1.165, 1.54) is 20.2 Å². The van der Waals surface area contributed by atoms with E-state index in [0.29, 0.717) is 18.2 Å². The van der Waals surface area contributed by atoms with E-state index in [4.69, 9.17) is 24.6 Å². The van der Waals surface area contributed by atoms with Gasteiger partial charge in [-0.25, -0.2) is 4.99 Å². The van der Waals surface area contributed by atoms with Gasteiger partial charge in [0.2, 0.25) is 0 Å². The van der Waals surface area contributed by atoms with Crippen molar-refractivity contribution >= 4 is 87.1 Å². The molecular weight excluding hydrogens is 719 g/mol. The predicted octanol–water partition coefficient (Wildman–Crippen LogP) is 13.5. The fourth-order valence-corrected chi connectivity index (χ4v) is 9.21. The quantitative estimate of drug-likeness (QED) is 0.136. The van der Waals surface area contributed by atoms with Crippen LogP contribution < -0.4 is 5.73 Å². The molecular formula is C51H33N3O2S. The van der Waals surface area contributed by atoms with Crippen molar-refractivity contribution in [1.82, 2.24) is 0 Å². The Balaban J connectivity index is 1.08. The highest BCUT2D eigenvalue weighted by atomic mass is 32.1. The molecule has 0 unspecified atom stereocenters. The summed E-state index contributed by atoms with van der Waals surface area (Å²) in [5.41, 5.74) is 17.3. The molecule has 0 saturated heterocycles. The van der Waals surface area contributed by atoms with E-state index < -0.39 is 0 Å². The number of hydrogen-bond donors (Lipinski definition) is 1. The van der Waals surface area contributed by atoms with E-state index in [0.717, 1.165) is 82.8 Å². The summed E-state index contributed by atoms with van der Waals surface area (Å²) in [4.78, 5) is 9.93. The molecule has 0 atom stereocenters. The zero-order valence-electron chi connectivity index (χ0n) is 30.6. The molecule has 0 radical (unpaired) electrons. The summed E-state index contributed by atoms with van der Waals surface area (Å²) in [6.45, 7) is 0.484. The number of hydrogen-bond acceptors (Lipinski definition) is 4. The van der Waals surface area contributed by atoms with E-state index in [-0.39, 0.29) is 0 Å². The first kappa shape index (κ1) is 33.1. The van der Waals surface area contributed by atoms with Gasteiger partial charge in [0.15, 0.2) is 5.84 Å². The number of amidine groups is 2. The van der Waals surface area contributed by atoms with Crippen LogP contribution >= 0.6 is 11.3 Å². The fraction of sp³-hybridized carbons (Fsp3) is 0.0196. The van der Waals surface area contributed by atoms with Crippen LogP contribution in [0.3, 0.4) is 0 Å². The molecule has 0 fully saturated rings. The maximum absolute atomic E-state index is 6.95. The minimum atomic E-state index is 0.367. The summed E-state index contributed by atoms with van der Waals surface area (Å²) in [7, 11) is 0. The minimum Gasteiger partial charge on any atom is -0.456 e. The summed E-state index contributed by atoms with van der Waals surface area (Å²) in [5.74, 6) is 0.938. The normalized spacial score (nSPS) is 12.6. The highest BCUT2D eigenvalue weighted by Crippen LogP contribution is 2.43. The predicted molar refractivity (Wildman–Crippen MR) is 239 cm³/mol. The molecule has 2 N–H and O–H groups in total.